The lowest BCUT2D eigenvalue weighted by atomic mass is 10.1. The minimum atomic E-state index is 0.572. The summed E-state index contributed by atoms with van der Waals surface area (Å²) in [5, 5.41) is 1.09. The molecule has 3 aromatic rings. The number of H-pyrrole nitrogens is 1. The van der Waals surface area contributed by atoms with Crippen molar-refractivity contribution in [3.05, 3.63) is 42.5 Å². The first-order valence-electron chi connectivity index (χ1n) is 8.41. The van der Waals surface area contributed by atoms with E-state index < -0.39 is 0 Å². The summed E-state index contributed by atoms with van der Waals surface area (Å²) in [6.07, 6.45) is 11.8. The number of pyridine rings is 1. The average Bonchev–Trinajstić information content (AvgIpc) is 3.30. The van der Waals surface area contributed by atoms with Crippen molar-refractivity contribution in [1.82, 2.24) is 19.9 Å². The van der Waals surface area contributed by atoms with Crippen LogP contribution in [-0.2, 0) is 0 Å². The van der Waals surface area contributed by atoms with Gasteiger partial charge >= 0.3 is 0 Å². The molecular weight excluding hydrogens is 312 g/mol. The van der Waals surface area contributed by atoms with Gasteiger partial charge in [-0.3, -0.25) is 0 Å². The summed E-state index contributed by atoms with van der Waals surface area (Å²) in [4.78, 5) is 20.9. The molecular formula is C19H20N6. The van der Waals surface area contributed by atoms with E-state index in [2.05, 4.69) is 42.7 Å². The minimum Gasteiger partial charge on any atom is -0.359 e. The fraction of sp³-hybridized carbons (Fsp3) is 0.316. The summed E-state index contributed by atoms with van der Waals surface area (Å²) in [6, 6.07) is 5.96. The summed E-state index contributed by atoms with van der Waals surface area (Å²) in [5.41, 5.74) is 1.70. The summed E-state index contributed by atoms with van der Waals surface area (Å²) in [7, 11) is 2.08. The van der Waals surface area contributed by atoms with Crippen LogP contribution >= 0.6 is 0 Å². The zero-order valence-electron chi connectivity index (χ0n) is 14.2. The summed E-state index contributed by atoms with van der Waals surface area (Å²) in [6.45, 7) is 2.96. The number of terminal acetylenes is 1. The fourth-order valence-electron chi connectivity index (χ4n) is 3.46. The predicted molar refractivity (Wildman–Crippen MR) is 99.7 cm³/mol. The van der Waals surface area contributed by atoms with Crippen molar-refractivity contribution in [3.8, 4) is 12.3 Å². The predicted octanol–water partition coefficient (Wildman–Crippen LogP) is 2.30. The molecule has 0 aliphatic carbocycles. The summed E-state index contributed by atoms with van der Waals surface area (Å²) < 4.78 is 0. The molecule has 4 rings (SSSR count). The lowest BCUT2D eigenvalue weighted by molar-refractivity contribution is 0.581. The van der Waals surface area contributed by atoms with Crippen LogP contribution in [0, 0.1) is 18.3 Å². The SMILES string of the molecule is C#Cc1ccc(N(C)C[C@@H]2CCN(c3ncnc4[nH]ccc34)C2)nc1. The molecule has 126 valence electrons. The van der Waals surface area contributed by atoms with Crippen LogP contribution in [0.4, 0.5) is 11.6 Å². The maximum absolute atomic E-state index is 5.39. The Morgan fingerprint density at radius 3 is 3.04 bits per heavy atom. The van der Waals surface area contributed by atoms with Crippen molar-refractivity contribution in [2.45, 2.75) is 6.42 Å². The number of aromatic amines is 1. The second-order valence-corrected chi connectivity index (χ2v) is 6.47. The maximum atomic E-state index is 5.39. The van der Waals surface area contributed by atoms with E-state index in [0.717, 1.165) is 54.3 Å². The monoisotopic (exact) mass is 332 g/mol. The Bertz CT molecular complexity index is 908. The van der Waals surface area contributed by atoms with E-state index in [1.54, 1.807) is 12.5 Å². The van der Waals surface area contributed by atoms with Gasteiger partial charge in [-0.25, -0.2) is 15.0 Å². The topological polar surface area (TPSA) is 60.9 Å². The normalized spacial score (nSPS) is 17.0. The molecule has 0 bridgehead atoms. The number of rotatable bonds is 4. The van der Waals surface area contributed by atoms with Gasteiger partial charge in [0.1, 0.15) is 23.6 Å². The number of hydrogen-bond acceptors (Lipinski definition) is 5. The zero-order valence-corrected chi connectivity index (χ0v) is 14.2. The molecule has 1 N–H and O–H groups in total. The number of fused-ring (bicyclic) bond motifs is 1. The fourth-order valence-corrected chi connectivity index (χ4v) is 3.46. The Hall–Kier alpha value is -3.07. The van der Waals surface area contributed by atoms with E-state index in [4.69, 9.17) is 6.42 Å². The highest BCUT2D eigenvalue weighted by molar-refractivity contribution is 5.87. The Kier molecular flexibility index (Phi) is 3.98. The van der Waals surface area contributed by atoms with Gasteiger partial charge in [-0.05, 0) is 30.5 Å². The van der Waals surface area contributed by atoms with Crippen LogP contribution in [0.1, 0.15) is 12.0 Å². The van der Waals surface area contributed by atoms with Crippen molar-refractivity contribution in [1.29, 1.82) is 0 Å². The molecule has 6 heteroatoms. The first kappa shape index (κ1) is 15.5. The quantitative estimate of drug-likeness (QED) is 0.743. The molecule has 25 heavy (non-hydrogen) atoms. The van der Waals surface area contributed by atoms with E-state index in [1.165, 1.54) is 0 Å². The smallest absolute Gasteiger partial charge is 0.142 e. The van der Waals surface area contributed by atoms with Gasteiger partial charge in [0.25, 0.3) is 0 Å². The first-order valence-corrected chi connectivity index (χ1v) is 8.41. The van der Waals surface area contributed by atoms with Gasteiger partial charge in [0, 0.05) is 44.6 Å². The van der Waals surface area contributed by atoms with Crippen LogP contribution in [0.3, 0.4) is 0 Å². The Labute approximate surface area is 146 Å². The second kappa shape index (κ2) is 6.44. The largest absolute Gasteiger partial charge is 0.359 e. The van der Waals surface area contributed by atoms with Crippen molar-refractivity contribution >= 4 is 22.7 Å². The lowest BCUT2D eigenvalue weighted by Gasteiger charge is -2.23. The molecule has 0 saturated carbocycles. The summed E-state index contributed by atoms with van der Waals surface area (Å²) in [5.74, 6) is 5.15. The van der Waals surface area contributed by atoms with Gasteiger partial charge in [0.05, 0.1) is 5.39 Å². The highest BCUT2D eigenvalue weighted by atomic mass is 15.2. The Morgan fingerprint density at radius 2 is 2.24 bits per heavy atom. The summed E-state index contributed by atoms with van der Waals surface area (Å²) >= 11 is 0. The molecule has 6 nitrogen and oxygen atoms in total. The van der Waals surface area contributed by atoms with Gasteiger partial charge in [-0.2, -0.15) is 0 Å². The van der Waals surface area contributed by atoms with E-state index in [-0.39, 0.29) is 0 Å². The Morgan fingerprint density at radius 1 is 1.32 bits per heavy atom. The molecule has 1 saturated heterocycles. The van der Waals surface area contributed by atoms with Crippen LogP contribution < -0.4 is 9.80 Å². The molecule has 1 aliphatic rings. The molecule has 0 spiro atoms. The van der Waals surface area contributed by atoms with Crippen molar-refractivity contribution < 1.29 is 0 Å². The van der Waals surface area contributed by atoms with Gasteiger partial charge in [0.15, 0.2) is 0 Å². The van der Waals surface area contributed by atoms with Crippen LogP contribution in [0.15, 0.2) is 36.9 Å². The van der Waals surface area contributed by atoms with Crippen LogP contribution in [0.2, 0.25) is 0 Å². The molecule has 0 unspecified atom stereocenters. The zero-order chi connectivity index (χ0) is 17.2. The van der Waals surface area contributed by atoms with E-state index in [9.17, 15) is 0 Å². The number of anilines is 2. The number of hydrogen-bond donors (Lipinski definition) is 1. The van der Waals surface area contributed by atoms with Crippen LogP contribution in [-0.4, -0.2) is 46.6 Å². The van der Waals surface area contributed by atoms with E-state index >= 15 is 0 Å². The van der Waals surface area contributed by atoms with Gasteiger partial charge < -0.3 is 14.8 Å². The lowest BCUT2D eigenvalue weighted by Crippen LogP contribution is -2.29. The number of nitrogens with zero attached hydrogens (tertiary/aromatic N) is 5. The highest BCUT2D eigenvalue weighted by Gasteiger charge is 2.26. The van der Waals surface area contributed by atoms with Gasteiger partial charge in [-0.15, -0.1) is 6.42 Å². The number of nitrogens with one attached hydrogen (secondary N) is 1. The van der Waals surface area contributed by atoms with Crippen LogP contribution in [0.25, 0.3) is 11.0 Å². The minimum absolute atomic E-state index is 0.572. The van der Waals surface area contributed by atoms with E-state index in [0.29, 0.717) is 5.92 Å². The third kappa shape index (κ3) is 3.01. The third-order valence-electron chi connectivity index (χ3n) is 4.76. The first-order chi connectivity index (χ1) is 12.2. The van der Waals surface area contributed by atoms with Crippen molar-refractivity contribution in [2.75, 3.05) is 36.5 Å². The molecule has 4 heterocycles. The maximum Gasteiger partial charge on any atom is 0.142 e. The molecule has 1 aliphatic heterocycles. The molecule has 0 radical (unpaired) electrons. The molecule has 1 atom stereocenters. The highest BCUT2D eigenvalue weighted by Crippen LogP contribution is 2.28. The standard InChI is InChI=1S/C19H20N6/c1-3-14-4-5-17(21-10-14)24(2)11-15-7-9-25(12-15)19-16-6-8-20-18(16)22-13-23-19/h1,4-6,8,10,13,15H,7,9,11-12H2,2H3,(H,20,22,23)/t15-/m0/s1. The van der Waals surface area contributed by atoms with Gasteiger partial charge in [-0.1, -0.05) is 5.92 Å². The van der Waals surface area contributed by atoms with Crippen molar-refractivity contribution in [2.24, 2.45) is 5.92 Å². The third-order valence-corrected chi connectivity index (χ3v) is 4.76. The van der Waals surface area contributed by atoms with Gasteiger partial charge in [0.2, 0.25) is 0 Å². The molecule has 1 fully saturated rings. The molecule has 0 amide bonds. The average molecular weight is 332 g/mol. The second-order valence-electron chi connectivity index (χ2n) is 6.47. The van der Waals surface area contributed by atoms with E-state index in [1.807, 2.05) is 24.4 Å². The molecule has 0 aromatic carbocycles. The van der Waals surface area contributed by atoms with Crippen LogP contribution in [0.5, 0.6) is 0 Å². The Balaban J connectivity index is 1.44. The molecule has 3 aromatic heterocycles. The van der Waals surface area contributed by atoms with Crippen molar-refractivity contribution in [3.63, 3.8) is 0 Å². The number of aromatic nitrogens is 4.